The molecule has 0 aromatic heterocycles. The van der Waals surface area contributed by atoms with Crippen molar-refractivity contribution in [3.05, 3.63) is 62.1 Å². The van der Waals surface area contributed by atoms with Gasteiger partial charge < -0.3 is 0 Å². The summed E-state index contributed by atoms with van der Waals surface area (Å²) in [5.41, 5.74) is 0.0134. The van der Waals surface area contributed by atoms with E-state index in [2.05, 4.69) is 4.72 Å². The molecule has 0 fully saturated rings. The molecule has 124 valence electrons. The van der Waals surface area contributed by atoms with Crippen molar-refractivity contribution in [2.75, 3.05) is 0 Å². The van der Waals surface area contributed by atoms with Crippen LogP contribution in [0.25, 0.3) is 0 Å². The van der Waals surface area contributed by atoms with E-state index >= 15 is 0 Å². The summed E-state index contributed by atoms with van der Waals surface area (Å²) in [4.78, 5) is -0.232. The van der Waals surface area contributed by atoms with Crippen LogP contribution in [0.15, 0.2) is 29.2 Å². The van der Waals surface area contributed by atoms with Crippen LogP contribution in [0.2, 0.25) is 15.1 Å². The summed E-state index contributed by atoms with van der Waals surface area (Å²) >= 11 is 17.3. The number of rotatable bonds is 4. The Morgan fingerprint density at radius 3 is 2.35 bits per heavy atom. The molecule has 9 heteroatoms. The third-order valence-corrected chi connectivity index (χ3v) is 5.65. The van der Waals surface area contributed by atoms with E-state index in [1.807, 2.05) is 0 Å². The molecule has 0 saturated heterocycles. The summed E-state index contributed by atoms with van der Waals surface area (Å²) in [7, 11) is -4.09. The molecule has 0 heterocycles. The highest BCUT2D eigenvalue weighted by Gasteiger charge is 2.21. The van der Waals surface area contributed by atoms with Gasteiger partial charge in [-0.1, -0.05) is 34.8 Å². The van der Waals surface area contributed by atoms with E-state index < -0.39 is 33.8 Å². The maximum Gasteiger partial charge on any atom is 0.242 e. The predicted octanol–water partition coefficient (Wildman–Crippen LogP) is 4.71. The molecule has 0 bridgehead atoms. The zero-order valence-electron chi connectivity index (χ0n) is 11.6. The van der Waals surface area contributed by atoms with Crippen molar-refractivity contribution in [2.45, 2.75) is 18.4 Å². The highest BCUT2D eigenvalue weighted by molar-refractivity contribution is 7.89. The molecule has 2 aromatic carbocycles. The van der Waals surface area contributed by atoms with Crippen molar-refractivity contribution >= 4 is 44.8 Å². The molecule has 0 spiro atoms. The lowest BCUT2D eigenvalue weighted by molar-refractivity contribution is 0.544. The maximum atomic E-state index is 13.8. The quantitative estimate of drug-likeness (QED) is 0.755. The Kier molecular flexibility index (Phi) is 5.53. The van der Waals surface area contributed by atoms with E-state index in [-0.39, 0.29) is 14.9 Å². The van der Waals surface area contributed by atoms with E-state index in [1.165, 1.54) is 12.1 Å². The van der Waals surface area contributed by atoms with Gasteiger partial charge in [0.2, 0.25) is 10.0 Å². The van der Waals surface area contributed by atoms with Gasteiger partial charge in [-0.2, -0.15) is 0 Å². The molecule has 0 radical (unpaired) electrons. The predicted molar refractivity (Wildman–Crippen MR) is 86.6 cm³/mol. The van der Waals surface area contributed by atoms with Crippen molar-refractivity contribution in [1.29, 1.82) is 0 Å². The van der Waals surface area contributed by atoms with E-state index in [0.29, 0.717) is 10.6 Å². The highest BCUT2D eigenvalue weighted by atomic mass is 35.5. The Morgan fingerprint density at radius 2 is 1.70 bits per heavy atom. The summed E-state index contributed by atoms with van der Waals surface area (Å²) in [5.74, 6) is -1.93. The van der Waals surface area contributed by atoms with Crippen LogP contribution in [-0.4, -0.2) is 8.42 Å². The fourth-order valence-electron chi connectivity index (χ4n) is 1.81. The first-order valence-corrected chi connectivity index (χ1v) is 8.83. The first-order valence-electron chi connectivity index (χ1n) is 6.21. The first kappa shape index (κ1) is 18.4. The second-order valence-electron chi connectivity index (χ2n) is 4.68. The van der Waals surface area contributed by atoms with Crippen molar-refractivity contribution in [3.8, 4) is 0 Å². The topological polar surface area (TPSA) is 46.2 Å². The summed E-state index contributed by atoms with van der Waals surface area (Å²) in [6, 6.07) is 4.56. The molecule has 0 aliphatic carbocycles. The van der Waals surface area contributed by atoms with E-state index in [1.54, 1.807) is 6.92 Å². The van der Waals surface area contributed by atoms with Crippen molar-refractivity contribution in [2.24, 2.45) is 0 Å². The van der Waals surface area contributed by atoms with Crippen LogP contribution < -0.4 is 4.72 Å². The molecule has 0 aliphatic heterocycles. The zero-order chi connectivity index (χ0) is 17.4. The Balaban J connectivity index is 2.34. The van der Waals surface area contributed by atoms with Gasteiger partial charge in [-0.05, 0) is 36.8 Å². The Bertz CT molecular complexity index is 873. The average Bonchev–Trinajstić information content (AvgIpc) is 2.46. The van der Waals surface area contributed by atoms with Crippen LogP contribution in [0.4, 0.5) is 8.78 Å². The van der Waals surface area contributed by atoms with E-state index in [9.17, 15) is 17.2 Å². The van der Waals surface area contributed by atoms with Gasteiger partial charge in [0.1, 0.15) is 16.5 Å². The van der Waals surface area contributed by atoms with E-state index in [0.717, 1.165) is 12.1 Å². The molecule has 1 N–H and O–H groups in total. The van der Waals surface area contributed by atoms with Gasteiger partial charge in [0.25, 0.3) is 0 Å². The highest BCUT2D eigenvalue weighted by Crippen LogP contribution is 2.28. The van der Waals surface area contributed by atoms with Crippen LogP contribution in [0.5, 0.6) is 0 Å². The maximum absolute atomic E-state index is 13.8. The van der Waals surface area contributed by atoms with Gasteiger partial charge in [-0.3, -0.25) is 0 Å². The SMILES string of the molecule is Cc1cc(S(=O)(=O)NCc2c(F)ccc(Cl)c2F)c(Cl)cc1Cl. The molecule has 3 nitrogen and oxygen atoms in total. The van der Waals surface area contributed by atoms with Crippen molar-refractivity contribution < 1.29 is 17.2 Å². The minimum Gasteiger partial charge on any atom is -0.207 e. The lowest BCUT2D eigenvalue weighted by Crippen LogP contribution is -2.25. The van der Waals surface area contributed by atoms with Gasteiger partial charge in [0.15, 0.2) is 0 Å². The first-order chi connectivity index (χ1) is 10.6. The van der Waals surface area contributed by atoms with Crippen molar-refractivity contribution in [1.82, 2.24) is 4.72 Å². The number of nitrogens with one attached hydrogen (secondary N) is 1. The van der Waals surface area contributed by atoms with Gasteiger partial charge in [-0.25, -0.2) is 21.9 Å². The third-order valence-electron chi connectivity index (χ3n) is 3.08. The minimum absolute atomic E-state index is 0.0971. The monoisotopic (exact) mass is 399 g/mol. The van der Waals surface area contributed by atoms with Crippen LogP contribution in [0, 0.1) is 18.6 Å². The summed E-state index contributed by atoms with van der Waals surface area (Å²) in [6.45, 7) is 0.993. The summed E-state index contributed by atoms with van der Waals surface area (Å²) in [5, 5.41) is -0.0954. The zero-order valence-corrected chi connectivity index (χ0v) is 14.7. The summed E-state index contributed by atoms with van der Waals surface area (Å²) in [6.07, 6.45) is 0. The second-order valence-corrected chi connectivity index (χ2v) is 7.64. The number of halogens is 5. The lowest BCUT2D eigenvalue weighted by atomic mass is 10.2. The Labute approximate surface area is 147 Å². The van der Waals surface area contributed by atoms with E-state index in [4.69, 9.17) is 34.8 Å². The number of sulfonamides is 1. The van der Waals surface area contributed by atoms with Gasteiger partial charge in [0.05, 0.1) is 10.0 Å². The van der Waals surface area contributed by atoms with Gasteiger partial charge >= 0.3 is 0 Å². The molecule has 0 unspecified atom stereocenters. The van der Waals surface area contributed by atoms with Crippen molar-refractivity contribution in [3.63, 3.8) is 0 Å². The summed E-state index contributed by atoms with van der Waals surface area (Å²) < 4.78 is 54.1. The molecule has 0 amide bonds. The number of hydrogen-bond acceptors (Lipinski definition) is 2. The molecule has 0 saturated carbocycles. The second kappa shape index (κ2) is 6.91. The van der Waals surface area contributed by atoms with Crippen LogP contribution in [-0.2, 0) is 16.6 Å². The standard InChI is InChI=1S/C14H10Cl3F2NO2S/c1-7-4-13(11(17)5-10(7)16)23(21,22)20-6-8-12(18)3-2-9(15)14(8)19/h2-5,20H,6H2,1H3. The Hall–Kier alpha value is -0.920. The normalized spacial score (nSPS) is 11.7. The molecule has 2 aromatic rings. The third kappa shape index (κ3) is 3.95. The minimum atomic E-state index is -4.09. The number of benzene rings is 2. The average molecular weight is 401 g/mol. The van der Waals surface area contributed by atoms with Gasteiger partial charge in [-0.15, -0.1) is 0 Å². The molecular formula is C14H10Cl3F2NO2S. The largest absolute Gasteiger partial charge is 0.242 e. The molecule has 2 rings (SSSR count). The molecular weight excluding hydrogens is 391 g/mol. The smallest absolute Gasteiger partial charge is 0.207 e. The van der Waals surface area contributed by atoms with Crippen LogP contribution >= 0.6 is 34.8 Å². The Morgan fingerprint density at radius 1 is 1.04 bits per heavy atom. The van der Waals surface area contributed by atoms with Crippen LogP contribution in [0.3, 0.4) is 0 Å². The van der Waals surface area contributed by atoms with Gasteiger partial charge in [0, 0.05) is 17.1 Å². The molecule has 23 heavy (non-hydrogen) atoms. The number of aryl methyl sites for hydroxylation is 1. The lowest BCUT2D eigenvalue weighted by Gasteiger charge is -2.11. The fraction of sp³-hybridized carbons (Fsp3) is 0.143. The molecule has 0 atom stereocenters. The number of hydrogen-bond donors (Lipinski definition) is 1. The molecule has 0 aliphatic rings. The fourth-order valence-corrected chi connectivity index (χ4v) is 3.82. The van der Waals surface area contributed by atoms with Crippen LogP contribution in [0.1, 0.15) is 11.1 Å².